The summed E-state index contributed by atoms with van der Waals surface area (Å²) >= 11 is 0. The third kappa shape index (κ3) is 4.79. The maximum absolute atomic E-state index is 12.6. The van der Waals surface area contributed by atoms with E-state index in [9.17, 15) is 9.59 Å². The molecule has 0 atom stereocenters. The number of hydrogen-bond acceptors (Lipinski definition) is 5. The van der Waals surface area contributed by atoms with Crippen molar-refractivity contribution in [3.8, 4) is 0 Å². The quantitative estimate of drug-likeness (QED) is 0.778. The highest BCUT2D eigenvalue weighted by Crippen LogP contribution is 2.31. The second kappa shape index (κ2) is 9.21. The number of carbonyl (C=O) groups excluding carboxylic acids is 2. The van der Waals surface area contributed by atoms with Gasteiger partial charge in [0, 0.05) is 32.4 Å². The summed E-state index contributed by atoms with van der Waals surface area (Å²) in [7, 11) is 0. The van der Waals surface area contributed by atoms with Crippen LogP contribution in [0.1, 0.15) is 24.5 Å². The molecule has 1 aromatic heterocycles. The Bertz CT molecular complexity index is 823. The maximum Gasteiger partial charge on any atom is 0.322 e. The van der Waals surface area contributed by atoms with Gasteiger partial charge in [-0.05, 0) is 31.5 Å². The lowest BCUT2D eigenvalue weighted by atomic mass is 10.1. The number of aryl methyl sites for hydroxylation is 1. The lowest BCUT2D eigenvalue weighted by Gasteiger charge is -2.36. The highest BCUT2D eigenvalue weighted by Gasteiger charge is 2.27. The molecule has 1 aliphatic heterocycles. The average Bonchev–Trinajstić information content (AvgIpc) is 2.70. The van der Waals surface area contributed by atoms with E-state index in [1.807, 2.05) is 12.1 Å². The van der Waals surface area contributed by atoms with Gasteiger partial charge in [0.1, 0.15) is 0 Å². The van der Waals surface area contributed by atoms with Gasteiger partial charge < -0.3 is 15.0 Å². The number of rotatable bonds is 6. The smallest absolute Gasteiger partial charge is 0.322 e. The zero-order chi connectivity index (χ0) is 19.9. The molecule has 3 rings (SSSR count). The standard InChI is InChI=1S/C21H26N4O3/c1-3-28-19(26)10-12-23-21(27)25-14-13-24(20-18(25)5-4-11-22-20)15-17-8-6-16(2)7-9-17/h4-9,11H,3,10,12-15H2,1-2H3,(H,23,27). The van der Waals surface area contributed by atoms with Crippen molar-refractivity contribution in [1.29, 1.82) is 0 Å². The van der Waals surface area contributed by atoms with Gasteiger partial charge in [0.25, 0.3) is 0 Å². The van der Waals surface area contributed by atoms with Gasteiger partial charge in [-0.25, -0.2) is 9.78 Å². The van der Waals surface area contributed by atoms with Crippen molar-refractivity contribution < 1.29 is 14.3 Å². The van der Waals surface area contributed by atoms with Gasteiger partial charge in [-0.1, -0.05) is 29.8 Å². The lowest BCUT2D eigenvalue weighted by Crippen LogP contribution is -2.48. The van der Waals surface area contributed by atoms with Crippen molar-refractivity contribution in [3.63, 3.8) is 0 Å². The molecule has 0 radical (unpaired) electrons. The van der Waals surface area contributed by atoms with E-state index < -0.39 is 0 Å². The van der Waals surface area contributed by atoms with Crippen LogP contribution in [-0.4, -0.2) is 43.2 Å². The Morgan fingerprint density at radius 3 is 2.71 bits per heavy atom. The number of anilines is 2. The first-order valence-electron chi connectivity index (χ1n) is 9.55. The zero-order valence-electron chi connectivity index (χ0n) is 16.4. The lowest BCUT2D eigenvalue weighted by molar-refractivity contribution is -0.142. The molecule has 28 heavy (non-hydrogen) atoms. The molecule has 0 aliphatic carbocycles. The fourth-order valence-corrected chi connectivity index (χ4v) is 3.17. The molecule has 1 aromatic carbocycles. The van der Waals surface area contributed by atoms with Crippen LogP contribution in [0.5, 0.6) is 0 Å². The number of benzene rings is 1. The number of pyridine rings is 1. The van der Waals surface area contributed by atoms with Gasteiger partial charge in [0.05, 0.1) is 18.7 Å². The van der Waals surface area contributed by atoms with Crippen LogP contribution in [0.2, 0.25) is 0 Å². The third-order valence-electron chi connectivity index (χ3n) is 4.60. The number of nitrogens with one attached hydrogen (secondary N) is 1. The molecule has 7 nitrogen and oxygen atoms in total. The molecule has 2 aromatic rings. The van der Waals surface area contributed by atoms with Gasteiger partial charge in [-0.2, -0.15) is 0 Å². The summed E-state index contributed by atoms with van der Waals surface area (Å²) in [4.78, 5) is 32.4. The van der Waals surface area contributed by atoms with Crippen LogP contribution in [0.15, 0.2) is 42.6 Å². The van der Waals surface area contributed by atoms with E-state index in [0.717, 1.165) is 18.1 Å². The molecule has 0 saturated carbocycles. The Morgan fingerprint density at radius 2 is 1.96 bits per heavy atom. The molecule has 0 saturated heterocycles. The summed E-state index contributed by atoms with van der Waals surface area (Å²) in [6, 6.07) is 11.9. The number of hydrogen-bond donors (Lipinski definition) is 1. The fourth-order valence-electron chi connectivity index (χ4n) is 3.17. The molecule has 0 unspecified atom stereocenters. The number of urea groups is 1. The van der Waals surface area contributed by atoms with Gasteiger partial charge in [-0.15, -0.1) is 0 Å². The number of fused-ring (bicyclic) bond motifs is 1. The maximum atomic E-state index is 12.6. The topological polar surface area (TPSA) is 74.8 Å². The molecule has 0 fully saturated rings. The number of carbonyl (C=O) groups is 2. The first-order valence-corrected chi connectivity index (χ1v) is 9.55. The van der Waals surface area contributed by atoms with E-state index >= 15 is 0 Å². The van der Waals surface area contributed by atoms with Gasteiger partial charge in [-0.3, -0.25) is 9.69 Å². The summed E-state index contributed by atoms with van der Waals surface area (Å²) in [5.41, 5.74) is 3.20. The predicted molar refractivity (Wildman–Crippen MR) is 108 cm³/mol. The van der Waals surface area contributed by atoms with Crippen LogP contribution in [0.3, 0.4) is 0 Å². The molecule has 1 aliphatic rings. The van der Waals surface area contributed by atoms with Crippen LogP contribution in [0.4, 0.5) is 16.3 Å². The van der Waals surface area contributed by atoms with Crippen molar-refractivity contribution >= 4 is 23.5 Å². The summed E-state index contributed by atoms with van der Waals surface area (Å²) in [5.74, 6) is 0.475. The number of esters is 1. The number of aromatic nitrogens is 1. The van der Waals surface area contributed by atoms with E-state index in [1.54, 1.807) is 18.0 Å². The summed E-state index contributed by atoms with van der Waals surface area (Å²) < 4.78 is 4.88. The van der Waals surface area contributed by atoms with Crippen molar-refractivity contribution in [2.24, 2.45) is 0 Å². The highest BCUT2D eigenvalue weighted by molar-refractivity contribution is 5.96. The molecule has 7 heteroatoms. The largest absolute Gasteiger partial charge is 0.466 e. The van der Waals surface area contributed by atoms with E-state index in [1.165, 1.54) is 11.1 Å². The summed E-state index contributed by atoms with van der Waals surface area (Å²) in [6.07, 6.45) is 1.90. The Labute approximate surface area is 165 Å². The minimum atomic E-state index is -0.312. The molecule has 0 spiro atoms. The number of nitrogens with zero attached hydrogens (tertiary/aromatic N) is 3. The molecule has 2 amide bonds. The van der Waals surface area contributed by atoms with E-state index in [-0.39, 0.29) is 25.0 Å². The van der Waals surface area contributed by atoms with Crippen molar-refractivity contribution in [2.45, 2.75) is 26.8 Å². The SMILES string of the molecule is CCOC(=O)CCNC(=O)N1CCN(Cc2ccc(C)cc2)c2ncccc21. The van der Waals surface area contributed by atoms with Gasteiger partial charge in [0.2, 0.25) is 0 Å². The summed E-state index contributed by atoms with van der Waals surface area (Å²) in [6.45, 7) is 6.39. The minimum absolute atomic E-state index is 0.160. The molecule has 2 heterocycles. The van der Waals surface area contributed by atoms with Crippen LogP contribution in [0, 0.1) is 6.92 Å². The number of ether oxygens (including phenoxy) is 1. The highest BCUT2D eigenvalue weighted by atomic mass is 16.5. The molecule has 148 valence electrons. The monoisotopic (exact) mass is 382 g/mol. The Morgan fingerprint density at radius 1 is 1.18 bits per heavy atom. The second-order valence-electron chi connectivity index (χ2n) is 6.69. The minimum Gasteiger partial charge on any atom is -0.466 e. The predicted octanol–water partition coefficient (Wildman–Crippen LogP) is 2.88. The van der Waals surface area contributed by atoms with Gasteiger partial charge in [0.15, 0.2) is 5.82 Å². The number of amides is 2. The van der Waals surface area contributed by atoms with E-state index in [4.69, 9.17) is 4.74 Å². The molecule has 1 N–H and O–H groups in total. The molecule has 0 bridgehead atoms. The normalized spacial score (nSPS) is 13.1. The Balaban J connectivity index is 1.67. The van der Waals surface area contributed by atoms with Crippen LogP contribution >= 0.6 is 0 Å². The van der Waals surface area contributed by atoms with Crippen LogP contribution in [-0.2, 0) is 16.1 Å². The van der Waals surface area contributed by atoms with Crippen molar-refractivity contribution in [2.75, 3.05) is 36.0 Å². The van der Waals surface area contributed by atoms with Gasteiger partial charge >= 0.3 is 12.0 Å². The summed E-state index contributed by atoms with van der Waals surface area (Å²) in [5, 5.41) is 2.79. The second-order valence-corrected chi connectivity index (χ2v) is 6.69. The third-order valence-corrected chi connectivity index (χ3v) is 4.60. The zero-order valence-corrected chi connectivity index (χ0v) is 16.4. The molecular formula is C21H26N4O3. The van der Waals surface area contributed by atoms with Crippen LogP contribution < -0.4 is 15.1 Å². The van der Waals surface area contributed by atoms with E-state index in [2.05, 4.69) is 46.4 Å². The fraction of sp³-hybridized carbons (Fsp3) is 0.381. The average molecular weight is 382 g/mol. The first kappa shape index (κ1) is 19.7. The Kier molecular flexibility index (Phi) is 6.47. The van der Waals surface area contributed by atoms with Crippen molar-refractivity contribution in [1.82, 2.24) is 10.3 Å². The van der Waals surface area contributed by atoms with Crippen LogP contribution in [0.25, 0.3) is 0 Å². The van der Waals surface area contributed by atoms with E-state index in [0.29, 0.717) is 19.7 Å². The molecular weight excluding hydrogens is 356 g/mol. The van der Waals surface area contributed by atoms with Crippen molar-refractivity contribution in [3.05, 3.63) is 53.7 Å². The first-order chi connectivity index (χ1) is 13.6. The Hall–Kier alpha value is -3.09.